The monoisotopic (exact) mass is 442 g/mol. The lowest BCUT2D eigenvalue weighted by Crippen LogP contribution is -2.38. The third-order valence-corrected chi connectivity index (χ3v) is 6.81. The summed E-state index contributed by atoms with van der Waals surface area (Å²) < 4.78 is 33.5. The van der Waals surface area contributed by atoms with Crippen molar-refractivity contribution in [2.45, 2.75) is 44.2 Å². The van der Waals surface area contributed by atoms with E-state index < -0.39 is 23.6 Å². The molecule has 0 aromatic heterocycles. The number of carbonyl (C=O) groups excluding carboxylic acids is 2. The fourth-order valence-electron chi connectivity index (χ4n) is 4.98. The van der Waals surface area contributed by atoms with E-state index in [9.17, 15) is 18.4 Å². The van der Waals surface area contributed by atoms with Crippen molar-refractivity contribution >= 4 is 11.9 Å². The first-order valence-corrected chi connectivity index (χ1v) is 11.0. The minimum Gasteiger partial charge on any atom is -0.381 e. The Hall–Kier alpha value is -2.80. The van der Waals surface area contributed by atoms with Crippen molar-refractivity contribution < 1.29 is 23.1 Å². The predicted molar refractivity (Wildman–Crippen MR) is 116 cm³/mol. The SMILES string of the molecule is CC1C(c2ccccc2)N(C(=O)C[C@H](c2cc(F)cc(F)c2)C2CCOCC2)C(=O)N1C. The number of amides is 3. The van der Waals surface area contributed by atoms with Gasteiger partial charge in [-0.1, -0.05) is 30.3 Å². The number of nitrogens with zero attached hydrogens (tertiary/aromatic N) is 2. The zero-order valence-electron chi connectivity index (χ0n) is 18.3. The molecule has 5 nitrogen and oxygen atoms in total. The first-order chi connectivity index (χ1) is 15.4. The second-order valence-electron chi connectivity index (χ2n) is 8.72. The summed E-state index contributed by atoms with van der Waals surface area (Å²) in [6.45, 7) is 3.01. The lowest BCUT2D eigenvalue weighted by atomic mass is 9.79. The van der Waals surface area contributed by atoms with E-state index in [1.54, 1.807) is 11.9 Å². The van der Waals surface area contributed by atoms with Crippen molar-refractivity contribution in [3.05, 3.63) is 71.3 Å². The van der Waals surface area contributed by atoms with Crippen LogP contribution in [0.15, 0.2) is 48.5 Å². The summed E-state index contributed by atoms with van der Waals surface area (Å²) in [5, 5.41) is 0. The minimum atomic E-state index is -0.669. The van der Waals surface area contributed by atoms with Gasteiger partial charge < -0.3 is 9.64 Å². The number of imide groups is 1. The van der Waals surface area contributed by atoms with Crippen LogP contribution in [-0.2, 0) is 9.53 Å². The molecule has 0 spiro atoms. The van der Waals surface area contributed by atoms with E-state index >= 15 is 0 Å². The molecule has 2 fully saturated rings. The number of halogens is 2. The average Bonchev–Trinajstić information content (AvgIpc) is 3.02. The third-order valence-electron chi connectivity index (χ3n) is 6.81. The molecule has 2 unspecified atom stereocenters. The van der Waals surface area contributed by atoms with Crippen molar-refractivity contribution in [2.24, 2.45) is 5.92 Å². The summed E-state index contributed by atoms with van der Waals surface area (Å²) >= 11 is 0. The smallest absolute Gasteiger partial charge is 0.327 e. The molecule has 2 aliphatic heterocycles. The normalized spacial score (nSPS) is 22.9. The van der Waals surface area contributed by atoms with E-state index in [0.717, 1.165) is 11.6 Å². The molecule has 4 rings (SSSR count). The van der Waals surface area contributed by atoms with Crippen LogP contribution in [0.25, 0.3) is 0 Å². The number of urea groups is 1. The van der Waals surface area contributed by atoms with E-state index in [-0.39, 0.29) is 30.3 Å². The van der Waals surface area contributed by atoms with Crippen LogP contribution in [0.4, 0.5) is 13.6 Å². The van der Waals surface area contributed by atoms with E-state index in [1.165, 1.54) is 17.0 Å². The number of ether oxygens (including phenoxy) is 1. The van der Waals surface area contributed by atoms with E-state index in [2.05, 4.69) is 0 Å². The highest BCUT2D eigenvalue weighted by molar-refractivity contribution is 5.97. The maximum Gasteiger partial charge on any atom is 0.327 e. The van der Waals surface area contributed by atoms with Crippen LogP contribution in [-0.4, -0.2) is 48.0 Å². The van der Waals surface area contributed by atoms with Crippen LogP contribution in [0.3, 0.4) is 0 Å². The molecule has 3 amide bonds. The molecule has 0 aliphatic carbocycles. The van der Waals surface area contributed by atoms with Crippen LogP contribution in [0.5, 0.6) is 0 Å². The summed E-state index contributed by atoms with van der Waals surface area (Å²) in [6, 6.07) is 11.9. The van der Waals surface area contributed by atoms with Gasteiger partial charge in [-0.25, -0.2) is 13.6 Å². The number of hydrogen-bond donors (Lipinski definition) is 0. The van der Waals surface area contributed by atoms with Crippen molar-refractivity contribution in [1.29, 1.82) is 0 Å². The van der Waals surface area contributed by atoms with Gasteiger partial charge in [0, 0.05) is 32.7 Å². The van der Waals surface area contributed by atoms with Crippen molar-refractivity contribution in [1.82, 2.24) is 9.80 Å². The van der Waals surface area contributed by atoms with E-state index in [0.29, 0.717) is 31.6 Å². The van der Waals surface area contributed by atoms with Gasteiger partial charge in [-0.3, -0.25) is 9.69 Å². The maximum atomic E-state index is 14.0. The highest BCUT2D eigenvalue weighted by Crippen LogP contribution is 2.39. The van der Waals surface area contributed by atoms with Gasteiger partial charge in [-0.2, -0.15) is 0 Å². The molecule has 0 radical (unpaired) electrons. The van der Waals surface area contributed by atoms with Gasteiger partial charge in [0.1, 0.15) is 11.6 Å². The van der Waals surface area contributed by atoms with Gasteiger partial charge in [0.15, 0.2) is 0 Å². The molecule has 2 heterocycles. The Morgan fingerprint density at radius 3 is 2.34 bits per heavy atom. The number of rotatable bonds is 5. The summed E-state index contributed by atoms with van der Waals surface area (Å²) in [6.07, 6.45) is 1.40. The number of benzene rings is 2. The quantitative estimate of drug-likeness (QED) is 0.663. The molecule has 2 aromatic rings. The van der Waals surface area contributed by atoms with Crippen LogP contribution >= 0.6 is 0 Å². The van der Waals surface area contributed by atoms with Gasteiger partial charge in [-0.05, 0) is 54.9 Å². The molecule has 3 atom stereocenters. The van der Waals surface area contributed by atoms with Gasteiger partial charge >= 0.3 is 6.03 Å². The molecule has 170 valence electrons. The largest absolute Gasteiger partial charge is 0.381 e. The van der Waals surface area contributed by atoms with Gasteiger partial charge in [0.25, 0.3) is 0 Å². The molecule has 2 aliphatic rings. The summed E-state index contributed by atoms with van der Waals surface area (Å²) in [7, 11) is 1.69. The molecule has 32 heavy (non-hydrogen) atoms. The molecule has 0 N–H and O–H groups in total. The molecule has 0 saturated carbocycles. The summed E-state index contributed by atoms with van der Waals surface area (Å²) in [4.78, 5) is 29.5. The van der Waals surface area contributed by atoms with Crippen LogP contribution in [0.1, 0.15) is 49.3 Å². The van der Waals surface area contributed by atoms with Crippen LogP contribution < -0.4 is 0 Å². The van der Waals surface area contributed by atoms with Gasteiger partial charge in [0.05, 0.1) is 12.1 Å². The minimum absolute atomic E-state index is 0.00317. The van der Waals surface area contributed by atoms with Crippen LogP contribution in [0, 0.1) is 17.6 Å². The molecule has 0 bridgehead atoms. The molecule has 2 aromatic carbocycles. The maximum absolute atomic E-state index is 14.0. The Kier molecular flexibility index (Phi) is 6.55. The number of carbonyl (C=O) groups is 2. The van der Waals surface area contributed by atoms with Crippen molar-refractivity contribution in [3.8, 4) is 0 Å². The standard InChI is InChI=1S/C25H28F2N2O3/c1-16-24(18-6-4-3-5-7-18)29(25(31)28(16)2)23(30)15-22(17-8-10-32-11-9-17)19-12-20(26)14-21(27)13-19/h3-7,12-14,16-17,22,24H,8-11,15H2,1-2H3/t16?,22-,24?/m0/s1. The van der Waals surface area contributed by atoms with Gasteiger partial charge in [-0.15, -0.1) is 0 Å². The predicted octanol–water partition coefficient (Wildman–Crippen LogP) is 4.89. The highest BCUT2D eigenvalue weighted by Gasteiger charge is 2.46. The first-order valence-electron chi connectivity index (χ1n) is 11.0. The molecule has 7 heteroatoms. The summed E-state index contributed by atoms with van der Waals surface area (Å²) in [5.74, 6) is -2.03. The third kappa shape index (κ3) is 4.39. The lowest BCUT2D eigenvalue weighted by molar-refractivity contribution is -0.130. The zero-order valence-corrected chi connectivity index (χ0v) is 18.3. The Bertz CT molecular complexity index is 958. The fourth-order valence-corrected chi connectivity index (χ4v) is 4.98. The molecular formula is C25H28F2N2O3. The Morgan fingerprint density at radius 1 is 1.09 bits per heavy atom. The van der Waals surface area contributed by atoms with E-state index in [1.807, 2.05) is 37.3 Å². The lowest BCUT2D eigenvalue weighted by Gasteiger charge is -2.32. The second-order valence-corrected chi connectivity index (χ2v) is 8.72. The van der Waals surface area contributed by atoms with Crippen molar-refractivity contribution in [3.63, 3.8) is 0 Å². The van der Waals surface area contributed by atoms with Gasteiger partial charge in [0.2, 0.25) is 5.91 Å². The van der Waals surface area contributed by atoms with Crippen molar-refractivity contribution in [2.75, 3.05) is 20.3 Å². The second kappa shape index (κ2) is 9.36. The molecular weight excluding hydrogens is 414 g/mol. The topological polar surface area (TPSA) is 49.9 Å². The Balaban J connectivity index is 1.66. The number of hydrogen-bond acceptors (Lipinski definition) is 3. The first kappa shape index (κ1) is 22.4. The van der Waals surface area contributed by atoms with E-state index in [4.69, 9.17) is 4.74 Å². The zero-order chi connectivity index (χ0) is 22.8. The fraction of sp³-hybridized carbons (Fsp3) is 0.440. The summed E-state index contributed by atoms with van der Waals surface area (Å²) in [5.41, 5.74) is 1.33. The Labute approximate surface area is 187 Å². The highest BCUT2D eigenvalue weighted by atomic mass is 19.1. The average molecular weight is 443 g/mol. The van der Waals surface area contributed by atoms with Crippen LogP contribution in [0.2, 0.25) is 0 Å². The Morgan fingerprint density at radius 2 is 1.72 bits per heavy atom. The number of likely N-dealkylation sites (N-methyl/N-ethyl adjacent to an activating group) is 1. The molecule has 2 saturated heterocycles.